The van der Waals surface area contributed by atoms with E-state index in [4.69, 9.17) is 9.47 Å². The fourth-order valence-corrected chi connectivity index (χ4v) is 0.848. The van der Waals surface area contributed by atoms with E-state index in [0.29, 0.717) is 19.8 Å². The highest BCUT2D eigenvalue weighted by molar-refractivity contribution is 4.52. The Labute approximate surface area is 77.4 Å². The van der Waals surface area contributed by atoms with Crippen LogP contribution in [0, 0.1) is 0 Å². The fraction of sp³-hybridized carbons (Fsp3) is 1.00. The molecule has 0 aliphatic carbocycles. The zero-order chi connectivity index (χ0) is 10.1. The maximum atomic E-state index is 11.7. The Morgan fingerprint density at radius 3 is 2.00 bits per heavy atom. The van der Waals surface area contributed by atoms with Crippen molar-refractivity contribution in [3.8, 4) is 0 Å². The number of halogens is 2. The molecule has 0 aromatic heterocycles. The molecule has 0 aliphatic heterocycles. The van der Waals surface area contributed by atoms with Crippen LogP contribution in [0.25, 0.3) is 0 Å². The third-order valence-electron chi connectivity index (χ3n) is 1.31. The van der Waals surface area contributed by atoms with Gasteiger partial charge in [0.25, 0.3) is 6.43 Å². The highest BCUT2D eigenvalue weighted by Gasteiger charge is 2.08. The molecular weight excluding hydrogens is 180 g/mol. The van der Waals surface area contributed by atoms with E-state index in [-0.39, 0.29) is 6.54 Å². The number of ether oxygens (including phenoxy) is 2. The highest BCUT2D eigenvalue weighted by Crippen LogP contribution is 1.94. The molecule has 0 heterocycles. The van der Waals surface area contributed by atoms with Crippen molar-refractivity contribution in [3.05, 3.63) is 0 Å². The normalized spacial score (nSPS) is 11.5. The largest absolute Gasteiger partial charge is 0.352 e. The minimum absolute atomic E-state index is 0.298. The van der Waals surface area contributed by atoms with Crippen molar-refractivity contribution in [1.29, 1.82) is 0 Å². The van der Waals surface area contributed by atoms with Gasteiger partial charge >= 0.3 is 0 Å². The highest BCUT2D eigenvalue weighted by atomic mass is 19.3. The first-order chi connectivity index (χ1) is 6.20. The minimum Gasteiger partial charge on any atom is -0.352 e. The van der Waals surface area contributed by atoms with Crippen LogP contribution in [0.3, 0.4) is 0 Å². The van der Waals surface area contributed by atoms with Crippen molar-refractivity contribution >= 4 is 0 Å². The molecule has 5 heteroatoms. The van der Waals surface area contributed by atoms with Crippen molar-refractivity contribution in [3.63, 3.8) is 0 Å². The van der Waals surface area contributed by atoms with E-state index in [0.717, 1.165) is 0 Å². The molecule has 0 bridgehead atoms. The maximum Gasteiger partial charge on any atom is 0.250 e. The lowest BCUT2D eigenvalue weighted by Gasteiger charge is -2.17. The Kier molecular flexibility index (Phi) is 8.18. The van der Waals surface area contributed by atoms with Gasteiger partial charge in [-0.15, -0.1) is 0 Å². The average molecular weight is 197 g/mol. The zero-order valence-corrected chi connectivity index (χ0v) is 8.06. The maximum absolute atomic E-state index is 11.7. The molecule has 0 unspecified atom stereocenters. The van der Waals surface area contributed by atoms with E-state index in [9.17, 15) is 8.78 Å². The Hall–Kier alpha value is -0.260. The van der Waals surface area contributed by atoms with E-state index in [1.807, 2.05) is 13.8 Å². The van der Waals surface area contributed by atoms with Crippen molar-refractivity contribution in [2.75, 3.05) is 26.3 Å². The molecule has 0 atom stereocenters. The molecule has 0 aliphatic rings. The number of hydrogen-bond acceptors (Lipinski definition) is 3. The summed E-state index contributed by atoms with van der Waals surface area (Å²) in [6.07, 6.45) is -2.75. The summed E-state index contributed by atoms with van der Waals surface area (Å²) in [6.45, 7) is 4.67. The molecule has 0 amide bonds. The Morgan fingerprint density at radius 2 is 1.62 bits per heavy atom. The van der Waals surface area contributed by atoms with Gasteiger partial charge < -0.3 is 14.8 Å². The van der Waals surface area contributed by atoms with Gasteiger partial charge in [0.05, 0.1) is 6.54 Å². The van der Waals surface area contributed by atoms with Crippen molar-refractivity contribution < 1.29 is 18.3 Å². The first-order valence-electron chi connectivity index (χ1n) is 4.42. The standard InChI is InChI=1S/C8H17F2NO2/c1-3-12-8(13-4-2)6-11-5-7(9)10/h7-8,11H,3-6H2,1-2H3. The van der Waals surface area contributed by atoms with Gasteiger partial charge in [-0.25, -0.2) is 8.78 Å². The molecule has 0 aromatic carbocycles. The summed E-state index contributed by atoms with van der Waals surface area (Å²) in [4.78, 5) is 0. The number of nitrogens with one attached hydrogen (secondary N) is 1. The van der Waals surface area contributed by atoms with Crippen LogP contribution >= 0.6 is 0 Å². The summed E-state index contributed by atoms with van der Waals surface area (Å²) in [6, 6.07) is 0. The van der Waals surface area contributed by atoms with Gasteiger partial charge in [0.2, 0.25) is 0 Å². The monoisotopic (exact) mass is 197 g/mol. The van der Waals surface area contributed by atoms with Crippen molar-refractivity contribution in [1.82, 2.24) is 5.32 Å². The lowest BCUT2D eigenvalue weighted by Crippen LogP contribution is -2.34. The van der Waals surface area contributed by atoms with Crippen LogP contribution in [0.2, 0.25) is 0 Å². The SMILES string of the molecule is CCOC(CNCC(F)F)OCC. The van der Waals surface area contributed by atoms with Gasteiger partial charge in [0.15, 0.2) is 6.29 Å². The molecule has 0 saturated heterocycles. The third-order valence-corrected chi connectivity index (χ3v) is 1.31. The molecule has 0 saturated carbocycles. The van der Waals surface area contributed by atoms with Gasteiger partial charge in [0, 0.05) is 19.8 Å². The second kappa shape index (κ2) is 8.34. The van der Waals surface area contributed by atoms with Crippen LogP contribution in [0.5, 0.6) is 0 Å². The summed E-state index contributed by atoms with van der Waals surface area (Å²) in [5, 5.41) is 2.55. The quantitative estimate of drug-likeness (QED) is 0.594. The van der Waals surface area contributed by atoms with E-state index < -0.39 is 12.7 Å². The molecule has 0 rings (SSSR count). The van der Waals surface area contributed by atoms with Gasteiger partial charge in [0.1, 0.15) is 0 Å². The van der Waals surface area contributed by atoms with Crippen LogP contribution < -0.4 is 5.32 Å². The summed E-state index contributed by atoms with van der Waals surface area (Å²) >= 11 is 0. The molecule has 0 spiro atoms. The summed E-state index contributed by atoms with van der Waals surface area (Å²) < 4.78 is 33.7. The lowest BCUT2D eigenvalue weighted by molar-refractivity contribution is -0.133. The Balaban J connectivity index is 3.44. The molecule has 0 aromatic rings. The minimum atomic E-state index is -2.33. The van der Waals surface area contributed by atoms with Crippen molar-refractivity contribution in [2.24, 2.45) is 0 Å². The lowest BCUT2D eigenvalue weighted by atomic mass is 10.5. The summed E-state index contributed by atoms with van der Waals surface area (Å²) in [5.74, 6) is 0. The van der Waals surface area contributed by atoms with Crippen LogP contribution in [0.4, 0.5) is 8.78 Å². The summed E-state index contributed by atoms with van der Waals surface area (Å²) in [5.41, 5.74) is 0. The molecule has 80 valence electrons. The fourth-order valence-electron chi connectivity index (χ4n) is 0.848. The first-order valence-corrected chi connectivity index (χ1v) is 4.42. The van der Waals surface area contributed by atoms with Crippen LogP contribution in [0.1, 0.15) is 13.8 Å². The van der Waals surface area contributed by atoms with E-state index in [1.54, 1.807) is 0 Å². The van der Waals surface area contributed by atoms with Crippen LogP contribution in [-0.4, -0.2) is 39.0 Å². The molecule has 13 heavy (non-hydrogen) atoms. The topological polar surface area (TPSA) is 30.5 Å². The molecule has 0 radical (unpaired) electrons. The third kappa shape index (κ3) is 8.08. The zero-order valence-electron chi connectivity index (χ0n) is 8.06. The van der Waals surface area contributed by atoms with Crippen LogP contribution in [-0.2, 0) is 9.47 Å². The predicted molar refractivity (Wildman–Crippen MR) is 45.9 cm³/mol. The van der Waals surface area contributed by atoms with E-state index >= 15 is 0 Å². The van der Waals surface area contributed by atoms with Crippen LogP contribution in [0.15, 0.2) is 0 Å². The average Bonchev–Trinajstić information content (AvgIpc) is 2.04. The molecule has 3 nitrogen and oxygen atoms in total. The van der Waals surface area contributed by atoms with Gasteiger partial charge in [-0.05, 0) is 13.8 Å². The Morgan fingerprint density at radius 1 is 1.08 bits per heavy atom. The van der Waals surface area contributed by atoms with Gasteiger partial charge in [-0.1, -0.05) is 0 Å². The first kappa shape index (κ1) is 12.7. The molecule has 0 fully saturated rings. The van der Waals surface area contributed by atoms with Gasteiger partial charge in [-0.2, -0.15) is 0 Å². The molecular formula is C8H17F2NO2. The Bertz CT molecular complexity index is 108. The number of hydrogen-bond donors (Lipinski definition) is 1. The number of rotatable bonds is 8. The second-order valence-corrected chi connectivity index (χ2v) is 2.39. The second-order valence-electron chi connectivity index (χ2n) is 2.39. The van der Waals surface area contributed by atoms with E-state index in [2.05, 4.69) is 5.32 Å². The molecule has 1 N–H and O–H groups in total. The van der Waals surface area contributed by atoms with Gasteiger partial charge in [-0.3, -0.25) is 0 Å². The number of alkyl halides is 2. The van der Waals surface area contributed by atoms with E-state index in [1.165, 1.54) is 0 Å². The smallest absolute Gasteiger partial charge is 0.250 e. The predicted octanol–water partition coefficient (Wildman–Crippen LogP) is 1.24. The van der Waals surface area contributed by atoms with Crippen molar-refractivity contribution in [2.45, 2.75) is 26.6 Å². The summed E-state index contributed by atoms with van der Waals surface area (Å²) in [7, 11) is 0.